The standard InChI is InChI=1S/C5H10N5O2P/c11-4(2-12-10-13)1-6-5-7-3-8-9-5/h3-4,11,13H,1-2H2,(H2,6,7,8,9). The molecule has 0 saturated carbocycles. The average molecular weight is 203 g/mol. The summed E-state index contributed by atoms with van der Waals surface area (Å²) in [6.07, 6.45) is 0.726. The topological polar surface area (TPSA) is 95.4 Å². The fourth-order valence-electron chi connectivity index (χ4n) is 0.687. The second-order valence-corrected chi connectivity index (χ2v) is 2.44. The molecule has 0 aliphatic heterocycles. The lowest BCUT2D eigenvalue weighted by molar-refractivity contribution is 0.0502. The van der Waals surface area contributed by atoms with Gasteiger partial charge < -0.3 is 10.4 Å². The molecular formula is C5H10N5O2P. The minimum atomic E-state index is -0.648. The molecule has 72 valence electrons. The predicted octanol–water partition coefficient (Wildman–Crippen LogP) is -0.165. The van der Waals surface area contributed by atoms with Gasteiger partial charge in [0.05, 0.1) is 6.10 Å². The van der Waals surface area contributed by atoms with E-state index in [2.05, 4.69) is 39.3 Å². The molecule has 1 aromatic rings. The van der Waals surface area contributed by atoms with E-state index in [9.17, 15) is 5.11 Å². The van der Waals surface area contributed by atoms with E-state index in [0.29, 0.717) is 12.5 Å². The van der Waals surface area contributed by atoms with Crippen LogP contribution in [0.5, 0.6) is 0 Å². The molecule has 0 aliphatic rings. The zero-order chi connectivity index (χ0) is 9.52. The molecule has 0 amide bonds. The first-order chi connectivity index (χ1) is 6.33. The lowest BCUT2D eigenvalue weighted by Crippen LogP contribution is -2.24. The third kappa shape index (κ3) is 3.93. The molecule has 0 spiro atoms. The van der Waals surface area contributed by atoms with Gasteiger partial charge in [-0.1, -0.05) is 0 Å². The maximum Gasteiger partial charge on any atom is 0.218 e. The van der Waals surface area contributed by atoms with Crippen molar-refractivity contribution in [2.45, 2.75) is 6.10 Å². The molecule has 3 N–H and O–H groups in total. The van der Waals surface area contributed by atoms with E-state index in [0.717, 1.165) is 0 Å². The molecule has 1 rings (SSSR count). The number of aromatic amines is 1. The van der Waals surface area contributed by atoms with Gasteiger partial charge in [-0.25, -0.2) is 14.9 Å². The minimum absolute atomic E-state index is 0.116. The van der Waals surface area contributed by atoms with Crippen molar-refractivity contribution in [3.63, 3.8) is 0 Å². The number of hydrogen-bond donors (Lipinski definition) is 3. The normalized spacial score (nSPS) is 12.4. The Balaban J connectivity index is 2.15. The smallest absolute Gasteiger partial charge is 0.218 e. The van der Waals surface area contributed by atoms with Crippen molar-refractivity contribution in [1.29, 1.82) is 0 Å². The Kier molecular flexibility index (Phi) is 4.31. The summed E-state index contributed by atoms with van der Waals surface area (Å²) in [4.78, 5) is 11.6. The van der Waals surface area contributed by atoms with Crippen molar-refractivity contribution in [1.82, 2.24) is 15.2 Å². The molecule has 0 fully saturated rings. The van der Waals surface area contributed by atoms with Crippen molar-refractivity contribution in [2.24, 2.45) is 4.91 Å². The highest BCUT2D eigenvalue weighted by atomic mass is 31.0. The van der Waals surface area contributed by atoms with Crippen molar-refractivity contribution in [2.75, 3.05) is 18.5 Å². The van der Waals surface area contributed by atoms with Gasteiger partial charge in [0.15, 0.2) is 0 Å². The number of hydrogen-bond acceptors (Lipinski definition) is 6. The maximum absolute atomic E-state index is 9.25. The maximum atomic E-state index is 9.25. The first-order valence-electron chi connectivity index (χ1n) is 3.59. The van der Waals surface area contributed by atoms with Gasteiger partial charge in [0, 0.05) is 15.6 Å². The lowest BCUT2D eigenvalue weighted by Gasteiger charge is -2.08. The number of nitrogens with zero attached hydrogens (tertiary/aromatic N) is 3. The summed E-state index contributed by atoms with van der Waals surface area (Å²) in [7, 11) is 2.75. The Morgan fingerprint density at radius 3 is 3.31 bits per heavy atom. The lowest BCUT2D eigenvalue weighted by atomic mass is 10.4. The molecule has 0 aromatic carbocycles. The summed E-state index contributed by atoms with van der Waals surface area (Å²) in [5.74, 6) is 0.509. The molecule has 1 heterocycles. The highest BCUT2D eigenvalue weighted by molar-refractivity contribution is 7.03. The first kappa shape index (κ1) is 10.0. The van der Waals surface area contributed by atoms with Crippen LogP contribution in [0.2, 0.25) is 0 Å². The highest BCUT2D eigenvalue weighted by Crippen LogP contribution is 1.94. The Labute approximate surface area is 76.8 Å². The van der Waals surface area contributed by atoms with E-state index in [4.69, 9.17) is 0 Å². The summed E-state index contributed by atoms with van der Waals surface area (Å²) in [6, 6.07) is 0. The number of H-pyrrole nitrogens is 1. The molecule has 1 unspecified atom stereocenters. The van der Waals surface area contributed by atoms with Gasteiger partial charge in [0.25, 0.3) is 0 Å². The number of anilines is 1. The minimum Gasteiger partial charge on any atom is -0.389 e. The van der Waals surface area contributed by atoms with Crippen molar-refractivity contribution >= 4 is 15.0 Å². The van der Waals surface area contributed by atoms with E-state index in [-0.39, 0.29) is 6.61 Å². The summed E-state index contributed by atoms with van der Waals surface area (Å²) in [5.41, 5.74) is 0. The number of aromatic nitrogens is 3. The zero-order valence-electron chi connectivity index (χ0n) is 6.77. The Morgan fingerprint density at radius 1 is 1.85 bits per heavy atom. The van der Waals surface area contributed by atoms with Crippen LogP contribution in [0.1, 0.15) is 0 Å². The molecule has 1 atom stereocenters. The van der Waals surface area contributed by atoms with E-state index in [1.807, 2.05) is 0 Å². The fourth-order valence-corrected chi connectivity index (χ4v) is 0.762. The molecule has 0 radical (unpaired) electrons. The van der Waals surface area contributed by atoms with Gasteiger partial charge >= 0.3 is 0 Å². The molecule has 0 saturated heterocycles. The monoisotopic (exact) mass is 203 g/mol. The number of nitrogens with one attached hydrogen (secondary N) is 2. The summed E-state index contributed by atoms with van der Waals surface area (Å²) >= 11 is 0. The second-order valence-electron chi connectivity index (χ2n) is 2.26. The van der Waals surface area contributed by atoms with E-state index in [1.54, 1.807) is 0 Å². The van der Waals surface area contributed by atoms with Crippen LogP contribution >= 0.6 is 9.03 Å². The SMILES string of the molecule is OC(CNc1ncn[nH]1)CON=P. The van der Waals surface area contributed by atoms with Crippen LogP contribution in [0.15, 0.2) is 11.2 Å². The van der Waals surface area contributed by atoms with Crippen LogP contribution in [-0.2, 0) is 4.84 Å². The van der Waals surface area contributed by atoms with Gasteiger partial charge in [-0.15, -0.1) is 4.91 Å². The largest absolute Gasteiger partial charge is 0.389 e. The predicted molar refractivity (Wildman–Crippen MR) is 47.6 cm³/mol. The number of aliphatic hydroxyl groups is 1. The molecule has 0 aliphatic carbocycles. The average Bonchev–Trinajstić information content (AvgIpc) is 2.64. The Morgan fingerprint density at radius 2 is 2.69 bits per heavy atom. The Hall–Kier alpha value is -1.04. The van der Waals surface area contributed by atoms with Gasteiger partial charge in [0.2, 0.25) is 5.95 Å². The van der Waals surface area contributed by atoms with Crippen molar-refractivity contribution in [3.8, 4) is 0 Å². The second kappa shape index (κ2) is 5.58. The molecule has 8 heteroatoms. The Bertz CT molecular complexity index is 241. The van der Waals surface area contributed by atoms with Crippen LogP contribution < -0.4 is 5.32 Å². The molecule has 1 aromatic heterocycles. The van der Waals surface area contributed by atoms with Crippen LogP contribution in [0, 0.1) is 0 Å². The molecular weight excluding hydrogens is 193 g/mol. The third-order valence-corrected chi connectivity index (χ3v) is 1.38. The van der Waals surface area contributed by atoms with Gasteiger partial charge in [0.1, 0.15) is 12.9 Å². The number of aliphatic hydroxyl groups excluding tert-OH is 1. The number of rotatable bonds is 6. The van der Waals surface area contributed by atoms with Crippen LogP contribution in [-0.4, -0.2) is 39.5 Å². The van der Waals surface area contributed by atoms with Crippen molar-refractivity contribution < 1.29 is 9.94 Å². The van der Waals surface area contributed by atoms with Gasteiger partial charge in [-0.3, -0.25) is 0 Å². The van der Waals surface area contributed by atoms with Gasteiger partial charge in [-0.2, -0.15) is 5.10 Å². The third-order valence-electron chi connectivity index (χ3n) is 1.25. The summed E-state index contributed by atoms with van der Waals surface area (Å²) in [6.45, 7) is 0.432. The molecule has 13 heavy (non-hydrogen) atoms. The summed E-state index contributed by atoms with van der Waals surface area (Å²) < 4.78 is 0. The van der Waals surface area contributed by atoms with Gasteiger partial charge in [-0.05, 0) is 0 Å². The summed E-state index contributed by atoms with van der Waals surface area (Å²) in [5, 5.41) is 18.3. The molecule has 7 nitrogen and oxygen atoms in total. The van der Waals surface area contributed by atoms with Crippen molar-refractivity contribution in [3.05, 3.63) is 6.33 Å². The highest BCUT2D eigenvalue weighted by Gasteiger charge is 2.04. The van der Waals surface area contributed by atoms with E-state index < -0.39 is 6.10 Å². The first-order valence-corrected chi connectivity index (χ1v) is 4.03. The molecule has 0 bridgehead atoms. The quantitative estimate of drug-likeness (QED) is 0.441. The zero-order valence-corrected chi connectivity index (χ0v) is 7.77. The van der Waals surface area contributed by atoms with E-state index in [1.165, 1.54) is 6.33 Å². The van der Waals surface area contributed by atoms with E-state index >= 15 is 0 Å². The van der Waals surface area contributed by atoms with Crippen LogP contribution in [0.25, 0.3) is 0 Å². The van der Waals surface area contributed by atoms with Crippen LogP contribution in [0.4, 0.5) is 5.95 Å². The van der Waals surface area contributed by atoms with Crippen LogP contribution in [0.3, 0.4) is 0 Å². The fraction of sp³-hybridized carbons (Fsp3) is 0.600.